The quantitative estimate of drug-likeness (QED) is 0.570. The van der Waals surface area contributed by atoms with E-state index in [4.69, 9.17) is 27.9 Å². The van der Waals surface area contributed by atoms with Gasteiger partial charge in [0.05, 0.1) is 7.11 Å². The van der Waals surface area contributed by atoms with Crippen LogP contribution in [0.15, 0.2) is 48.5 Å². The lowest BCUT2D eigenvalue weighted by Gasteiger charge is -2.26. The van der Waals surface area contributed by atoms with Gasteiger partial charge in [0.15, 0.2) is 4.32 Å². The number of esters is 1. The van der Waals surface area contributed by atoms with E-state index in [1.807, 2.05) is 0 Å². The molecular weight excluding hydrogens is 363 g/mol. The van der Waals surface area contributed by atoms with Gasteiger partial charge in [0.25, 0.3) is 0 Å². The van der Waals surface area contributed by atoms with Crippen LogP contribution >= 0.6 is 39.1 Å². The van der Waals surface area contributed by atoms with E-state index in [2.05, 4.69) is 15.9 Å². The molecule has 2 nitrogen and oxygen atoms in total. The van der Waals surface area contributed by atoms with E-state index in [1.165, 1.54) is 7.11 Å². The molecule has 0 atom stereocenters. The highest BCUT2D eigenvalue weighted by molar-refractivity contribution is 9.10. The number of benzene rings is 2. The molecule has 104 valence electrons. The van der Waals surface area contributed by atoms with Crippen LogP contribution in [0.3, 0.4) is 0 Å². The van der Waals surface area contributed by atoms with Crippen LogP contribution in [0.5, 0.6) is 0 Å². The van der Waals surface area contributed by atoms with E-state index in [9.17, 15) is 4.79 Å². The van der Waals surface area contributed by atoms with Crippen LogP contribution in [0.25, 0.3) is 0 Å². The van der Waals surface area contributed by atoms with E-state index < -0.39 is 10.3 Å². The molecule has 0 spiro atoms. The predicted octanol–water partition coefficient (Wildman–Crippen LogP) is 4.80. The van der Waals surface area contributed by atoms with Crippen molar-refractivity contribution in [2.75, 3.05) is 7.11 Å². The molecule has 0 heterocycles. The summed E-state index contributed by atoms with van der Waals surface area (Å²) in [5.74, 6) is -0.415. The lowest BCUT2D eigenvalue weighted by molar-refractivity contribution is -0.142. The Morgan fingerprint density at radius 2 is 1.30 bits per heavy atom. The maximum Gasteiger partial charge on any atom is 0.331 e. The number of methoxy groups -OCH3 is 1. The normalized spacial score (nSPS) is 11.2. The summed E-state index contributed by atoms with van der Waals surface area (Å²) in [6.45, 7) is 0. The van der Waals surface area contributed by atoms with Gasteiger partial charge in [-0.05, 0) is 35.4 Å². The zero-order chi connectivity index (χ0) is 14.8. The zero-order valence-electron chi connectivity index (χ0n) is 10.6. The van der Waals surface area contributed by atoms with Crippen molar-refractivity contribution in [2.45, 2.75) is 4.32 Å². The molecule has 20 heavy (non-hydrogen) atoms. The van der Waals surface area contributed by atoms with Crippen molar-refractivity contribution in [3.05, 3.63) is 69.7 Å². The highest BCUT2D eigenvalue weighted by Gasteiger charge is 2.40. The molecule has 2 aromatic carbocycles. The van der Waals surface area contributed by atoms with Gasteiger partial charge in [0.2, 0.25) is 0 Å². The lowest BCUT2D eigenvalue weighted by atomic mass is 9.91. The van der Waals surface area contributed by atoms with Crippen LogP contribution < -0.4 is 0 Å². The van der Waals surface area contributed by atoms with Gasteiger partial charge in [-0.2, -0.15) is 0 Å². The zero-order valence-corrected chi connectivity index (χ0v) is 13.7. The molecule has 0 aliphatic rings. The van der Waals surface area contributed by atoms with Crippen molar-refractivity contribution >= 4 is 45.1 Å². The van der Waals surface area contributed by atoms with E-state index >= 15 is 0 Å². The summed E-state index contributed by atoms with van der Waals surface area (Å²) in [5.41, 5.74) is 1.46. The van der Waals surface area contributed by atoms with Crippen LogP contribution in [0.4, 0.5) is 0 Å². The molecule has 0 aromatic heterocycles. The molecule has 0 amide bonds. The number of carbonyl (C=O) groups excluding carboxylic acids is 1. The van der Waals surface area contributed by atoms with Gasteiger partial charge in [-0.15, -0.1) is 0 Å². The molecule has 0 radical (unpaired) electrons. The Balaban J connectivity index is 2.58. The van der Waals surface area contributed by atoms with Gasteiger partial charge in [-0.3, -0.25) is 0 Å². The van der Waals surface area contributed by atoms with Crippen molar-refractivity contribution in [2.24, 2.45) is 0 Å². The van der Waals surface area contributed by atoms with Gasteiger partial charge in [0, 0.05) is 10.0 Å². The summed E-state index contributed by atoms with van der Waals surface area (Å²) in [5, 5.41) is 1.20. The fourth-order valence-corrected chi connectivity index (χ4v) is 2.84. The highest BCUT2D eigenvalue weighted by atomic mass is 79.9. The summed E-state index contributed by atoms with van der Waals surface area (Å²) in [6, 6.07) is 14.0. The number of alkyl halides is 1. The van der Waals surface area contributed by atoms with Gasteiger partial charge >= 0.3 is 5.97 Å². The third-order valence-electron chi connectivity index (χ3n) is 2.95. The summed E-state index contributed by atoms with van der Waals surface area (Å²) >= 11 is 15.3. The smallest absolute Gasteiger partial charge is 0.331 e. The van der Waals surface area contributed by atoms with Crippen molar-refractivity contribution in [3.63, 3.8) is 0 Å². The Morgan fingerprint density at radius 1 is 0.950 bits per heavy atom. The number of carbonyl (C=O) groups is 1. The fourth-order valence-electron chi connectivity index (χ4n) is 1.90. The summed E-state index contributed by atoms with van der Waals surface area (Å²) in [7, 11) is 1.35. The number of halogens is 3. The largest absolute Gasteiger partial charge is 0.467 e. The van der Waals surface area contributed by atoms with Crippen molar-refractivity contribution in [3.8, 4) is 0 Å². The van der Waals surface area contributed by atoms with E-state index in [0.29, 0.717) is 10.0 Å². The second-order valence-electron chi connectivity index (χ2n) is 4.16. The average molecular weight is 374 g/mol. The summed E-state index contributed by atoms with van der Waals surface area (Å²) < 4.78 is 3.85. The first-order chi connectivity index (χ1) is 9.48. The first-order valence-corrected chi connectivity index (χ1v) is 7.33. The van der Waals surface area contributed by atoms with Crippen LogP contribution in [0, 0.1) is 0 Å². The SMILES string of the molecule is COC(=O)C(Br)(c1ccc(Cl)cc1)c1ccc(Cl)cc1. The minimum Gasteiger partial charge on any atom is -0.467 e. The number of hydrogen-bond acceptors (Lipinski definition) is 2. The Kier molecular flexibility index (Phi) is 4.74. The standard InChI is InChI=1S/C15H11BrCl2O2/c1-20-14(19)15(16,10-2-6-12(17)7-3-10)11-4-8-13(18)9-5-11/h2-9H,1H3. The van der Waals surface area contributed by atoms with Gasteiger partial charge in [-0.1, -0.05) is 63.4 Å². The Labute approximate surface area is 135 Å². The highest BCUT2D eigenvalue weighted by Crippen LogP contribution is 2.40. The van der Waals surface area contributed by atoms with Crippen molar-refractivity contribution < 1.29 is 9.53 Å². The van der Waals surface area contributed by atoms with Gasteiger partial charge in [-0.25, -0.2) is 4.79 Å². The average Bonchev–Trinajstić information content (AvgIpc) is 2.47. The van der Waals surface area contributed by atoms with Gasteiger partial charge < -0.3 is 4.74 Å². The molecule has 0 bridgehead atoms. The summed E-state index contributed by atoms with van der Waals surface area (Å²) in [4.78, 5) is 12.3. The number of ether oxygens (including phenoxy) is 1. The monoisotopic (exact) mass is 372 g/mol. The third-order valence-corrected chi connectivity index (χ3v) is 4.69. The minimum atomic E-state index is -1.09. The first kappa shape index (κ1) is 15.4. The Morgan fingerprint density at radius 3 is 1.60 bits per heavy atom. The third kappa shape index (κ3) is 2.85. The van der Waals surface area contributed by atoms with Crippen LogP contribution in [-0.2, 0) is 13.9 Å². The van der Waals surface area contributed by atoms with Crippen molar-refractivity contribution in [1.29, 1.82) is 0 Å². The predicted molar refractivity (Wildman–Crippen MR) is 84.6 cm³/mol. The molecule has 2 aromatic rings. The molecule has 0 aliphatic heterocycles. The maximum atomic E-state index is 12.3. The molecule has 0 N–H and O–H groups in total. The summed E-state index contributed by atoms with van der Waals surface area (Å²) in [6.07, 6.45) is 0. The molecule has 0 unspecified atom stereocenters. The fraction of sp³-hybridized carbons (Fsp3) is 0.133. The number of hydrogen-bond donors (Lipinski definition) is 0. The maximum absolute atomic E-state index is 12.3. The second kappa shape index (κ2) is 6.17. The molecule has 0 aliphatic carbocycles. The molecule has 0 saturated heterocycles. The lowest BCUT2D eigenvalue weighted by Crippen LogP contribution is -2.31. The van der Waals surface area contributed by atoms with Gasteiger partial charge in [0.1, 0.15) is 0 Å². The molecule has 0 fully saturated rings. The number of rotatable bonds is 3. The second-order valence-corrected chi connectivity index (χ2v) is 6.23. The van der Waals surface area contributed by atoms with Crippen LogP contribution in [0.2, 0.25) is 10.0 Å². The first-order valence-electron chi connectivity index (χ1n) is 5.78. The van der Waals surface area contributed by atoms with Crippen LogP contribution in [-0.4, -0.2) is 13.1 Å². The van der Waals surface area contributed by atoms with E-state index in [1.54, 1.807) is 48.5 Å². The van der Waals surface area contributed by atoms with E-state index in [0.717, 1.165) is 11.1 Å². The minimum absolute atomic E-state index is 0.415. The Hall–Kier alpha value is -1.03. The topological polar surface area (TPSA) is 26.3 Å². The Bertz CT molecular complexity index is 563. The molecule has 0 saturated carbocycles. The molecule has 5 heteroatoms. The van der Waals surface area contributed by atoms with Crippen LogP contribution in [0.1, 0.15) is 11.1 Å². The van der Waals surface area contributed by atoms with E-state index in [-0.39, 0.29) is 0 Å². The molecule has 2 rings (SSSR count). The molecular formula is C15H11BrCl2O2. The van der Waals surface area contributed by atoms with Crippen molar-refractivity contribution in [1.82, 2.24) is 0 Å².